The first kappa shape index (κ1) is 42.8. The highest BCUT2D eigenvalue weighted by Gasteiger charge is 2.57. The lowest BCUT2D eigenvalue weighted by Gasteiger charge is -2.51. The molecule has 2 atom stereocenters. The highest BCUT2D eigenvalue weighted by Crippen LogP contribution is 2.66. The van der Waals surface area contributed by atoms with Gasteiger partial charge in [0.05, 0.1) is 10.8 Å². The first-order valence-electron chi connectivity index (χ1n) is 22.5. The number of fused-ring (bicyclic) bond motifs is 8. The van der Waals surface area contributed by atoms with Crippen LogP contribution in [0.4, 0.5) is 0 Å². The summed E-state index contributed by atoms with van der Waals surface area (Å²) < 4.78 is 0. The van der Waals surface area contributed by atoms with Crippen molar-refractivity contribution >= 4 is 0 Å². The topological polar surface area (TPSA) is 52.0 Å². The SMILES string of the molecule is CC.CC(c1ccccc1)c1ccc(-c2ccc3c(c2)C2(C4=C(C=CCC4)C(c4ccccc4)(c4ccccc4)c4ccccc42)c2ccccc2-3)cc1.Cc1ccccc1.NN. The van der Waals surface area contributed by atoms with E-state index in [9.17, 15) is 0 Å². The maximum Gasteiger partial charge on any atom is 0.0704 e. The van der Waals surface area contributed by atoms with E-state index in [2.05, 4.69) is 232 Å². The van der Waals surface area contributed by atoms with Crippen LogP contribution in [0.15, 0.2) is 236 Å². The van der Waals surface area contributed by atoms with Crippen LogP contribution >= 0.6 is 0 Å². The van der Waals surface area contributed by atoms with E-state index in [1.165, 1.54) is 83.5 Å². The maximum absolute atomic E-state index is 4.00. The molecular weight excluding hydrogens is 761 g/mol. The van der Waals surface area contributed by atoms with Gasteiger partial charge in [0.1, 0.15) is 0 Å². The predicted octanol–water partition coefficient (Wildman–Crippen LogP) is 14.7. The van der Waals surface area contributed by atoms with Crippen molar-refractivity contribution in [3.8, 4) is 22.3 Å². The zero-order valence-electron chi connectivity index (χ0n) is 37.0. The summed E-state index contributed by atoms with van der Waals surface area (Å²) in [5.41, 5.74) is 19.5. The van der Waals surface area contributed by atoms with Gasteiger partial charge in [-0.25, -0.2) is 0 Å². The van der Waals surface area contributed by atoms with Crippen molar-refractivity contribution in [3.63, 3.8) is 0 Å². The van der Waals surface area contributed by atoms with Crippen LogP contribution in [0, 0.1) is 6.92 Å². The van der Waals surface area contributed by atoms with Crippen LogP contribution in [-0.4, -0.2) is 0 Å². The van der Waals surface area contributed by atoms with Crippen molar-refractivity contribution in [3.05, 3.63) is 286 Å². The molecule has 63 heavy (non-hydrogen) atoms. The van der Waals surface area contributed by atoms with Crippen molar-refractivity contribution in [1.29, 1.82) is 0 Å². The summed E-state index contributed by atoms with van der Waals surface area (Å²) >= 11 is 0. The number of benzene rings is 8. The standard InChI is InChI=1S/C52H40.C7H8.C2H6.H4N2/c1-36(37-17-5-2-6-18-37)38-29-31-39(32-30-38)40-33-34-44-43-23-11-12-24-45(43)52(50(44)35-40)48-27-15-13-25-46(48)51(41-19-7-3-8-20-41,42-21-9-4-10-22-42)47-26-14-16-28-49(47)52;1-7-5-3-2-4-6-7;2*1-2/h2-15,17-27,29-36H,16,28H2,1H3;2-6H,1H3;1-2H3;1-2H2. The van der Waals surface area contributed by atoms with Crippen LogP contribution in [-0.2, 0) is 10.8 Å². The zero-order chi connectivity index (χ0) is 43.8. The van der Waals surface area contributed by atoms with E-state index in [1.54, 1.807) is 0 Å². The maximum atomic E-state index is 4.00. The Balaban J connectivity index is 0.000000444. The molecule has 0 heterocycles. The summed E-state index contributed by atoms with van der Waals surface area (Å²) in [6.07, 6.45) is 6.93. The second kappa shape index (κ2) is 19.1. The molecule has 2 heteroatoms. The van der Waals surface area contributed by atoms with Gasteiger partial charge in [0.2, 0.25) is 0 Å². The van der Waals surface area contributed by atoms with Crippen molar-refractivity contribution in [2.75, 3.05) is 0 Å². The normalized spacial score (nSPS) is 16.3. The van der Waals surface area contributed by atoms with Crippen molar-refractivity contribution in [1.82, 2.24) is 0 Å². The Morgan fingerprint density at radius 1 is 0.444 bits per heavy atom. The molecule has 0 saturated heterocycles. The van der Waals surface area contributed by atoms with E-state index >= 15 is 0 Å². The average molecular weight is 819 g/mol. The molecule has 1 spiro atoms. The number of allylic oxidation sites excluding steroid dienone is 4. The summed E-state index contributed by atoms with van der Waals surface area (Å²) in [5.74, 6) is 8.34. The molecule has 0 bridgehead atoms. The molecule has 0 fully saturated rings. The molecule has 8 aromatic carbocycles. The molecule has 3 aliphatic carbocycles. The molecule has 312 valence electrons. The lowest BCUT2D eigenvalue weighted by molar-refractivity contribution is 0.584. The Bertz CT molecular complexity index is 2780. The van der Waals surface area contributed by atoms with Crippen LogP contribution in [0.2, 0.25) is 0 Å². The third kappa shape index (κ3) is 7.40. The minimum atomic E-state index is -0.447. The highest BCUT2D eigenvalue weighted by molar-refractivity contribution is 5.91. The van der Waals surface area contributed by atoms with Gasteiger partial charge in [0.25, 0.3) is 0 Å². The monoisotopic (exact) mass is 818 g/mol. The lowest BCUT2D eigenvalue weighted by atomic mass is 9.50. The summed E-state index contributed by atoms with van der Waals surface area (Å²) in [7, 11) is 0. The van der Waals surface area contributed by atoms with Gasteiger partial charge in [0, 0.05) is 5.92 Å². The molecule has 0 radical (unpaired) electrons. The number of rotatable bonds is 5. The molecule has 4 N–H and O–H groups in total. The van der Waals surface area contributed by atoms with Crippen LogP contribution in [0.3, 0.4) is 0 Å². The van der Waals surface area contributed by atoms with Crippen LogP contribution in [0.25, 0.3) is 22.3 Å². The molecule has 0 saturated carbocycles. The fraction of sp³-hybridized carbons (Fsp3) is 0.148. The molecule has 2 unspecified atom stereocenters. The van der Waals surface area contributed by atoms with E-state index in [0.29, 0.717) is 5.92 Å². The highest BCUT2D eigenvalue weighted by atomic mass is 15.0. The van der Waals surface area contributed by atoms with E-state index in [4.69, 9.17) is 0 Å². The van der Waals surface area contributed by atoms with Gasteiger partial charge < -0.3 is 0 Å². The van der Waals surface area contributed by atoms with Crippen molar-refractivity contribution in [2.24, 2.45) is 11.7 Å². The second-order valence-electron chi connectivity index (χ2n) is 16.3. The summed E-state index contributed by atoms with van der Waals surface area (Å²) in [4.78, 5) is 0. The first-order valence-corrected chi connectivity index (χ1v) is 22.5. The Kier molecular flexibility index (Phi) is 13.0. The number of hydrogen-bond acceptors (Lipinski definition) is 2. The first-order chi connectivity index (χ1) is 31.1. The largest absolute Gasteiger partial charge is 0.274 e. The third-order valence-corrected chi connectivity index (χ3v) is 13.2. The van der Waals surface area contributed by atoms with Gasteiger partial charge in [-0.05, 0) is 104 Å². The lowest BCUT2D eigenvalue weighted by Crippen LogP contribution is -2.45. The summed E-state index contributed by atoms with van der Waals surface area (Å²) in [6.45, 7) is 8.39. The Morgan fingerprint density at radius 3 is 1.48 bits per heavy atom. The van der Waals surface area contributed by atoms with Gasteiger partial charge in [-0.3, -0.25) is 11.7 Å². The minimum absolute atomic E-state index is 0.339. The fourth-order valence-electron chi connectivity index (χ4n) is 10.5. The minimum Gasteiger partial charge on any atom is -0.274 e. The van der Waals surface area contributed by atoms with Gasteiger partial charge in [-0.15, -0.1) is 0 Å². The molecule has 2 nitrogen and oxygen atoms in total. The van der Waals surface area contributed by atoms with E-state index in [0.717, 1.165) is 12.8 Å². The molecule has 8 aromatic rings. The van der Waals surface area contributed by atoms with E-state index in [1.807, 2.05) is 32.0 Å². The zero-order valence-corrected chi connectivity index (χ0v) is 37.0. The van der Waals surface area contributed by atoms with Crippen molar-refractivity contribution in [2.45, 2.75) is 57.3 Å². The molecule has 0 aliphatic heterocycles. The Morgan fingerprint density at radius 2 is 0.905 bits per heavy atom. The predicted molar refractivity (Wildman–Crippen MR) is 267 cm³/mol. The molecule has 0 aromatic heterocycles. The Labute approximate surface area is 375 Å². The van der Waals surface area contributed by atoms with Crippen LogP contribution in [0.1, 0.15) is 89.6 Å². The third-order valence-electron chi connectivity index (χ3n) is 13.2. The van der Waals surface area contributed by atoms with E-state index < -0.39 is 10.8 Å². The number of hydrogen-bond donors (Lipinski definition) is 2. The van der Waals surface area contributed by atoms with Gasteiger partial charge in [-0.1, -0.05) is 245 Å². The molecule has 3 aliphatic rings. The van der Waals surface area contributed by atoms with Gasteiger partial charge >= 0.3 is 0 Å². The van der Waals surface area contributed by atoms with Crippen LogP contribution < -0.4 is 11.7 Å². The fourth-order valence-corrected chi connectivity index (χ4v) is 10.5. The smallest absolute Gasteiger partial charge is 0.0704 e. The van der Waals surface area contributed by atoms with Crippen LogP contribution in [0.5, 0.6) is 0 Å². The van der Waals surface area contributed by atoms with Crippen molar-refractivity contribution < 1.29 is 0 Å². The average Bonchev–Trinajstić information content (AvgIpc) is 3.66. The molecular formula is C61H58N2. The quantitative estimate of drug-likeness (QED) is 0.134. The summed E-state index contributed by atoms with van der Waals surface area (Å²) in [5, 5.41) is 0. The van der Waals surface area contributed by atoms with E-state index in [-0.39, 0.29) is 0 Å². The second-order valence-corrected chi connectivity index (χ2v) is 16.3. The Hall–Kier alpha value is -6.84. The molecule has 11 rings (SSSR count). The number of aryl methyl sites for hydroxylation is 1. The van der Waals surface area contributed by atoms with Gasteiger partial charge in [-0.2, -0.15) is 0 Å². The summed E-state index contributed by atoms with van der Waals surface area (Å²) in [6, 6.07) is 78.7. The molecule has 0 amide bonds. The van der Waals surface area contributed by atoms with Gasteiger partial charge in [0.15, 0.2) is 0 Å². The number of nitrogens with two attached hydrogens (primary N) is 2. The number of hydrazine groups is 1.